The molecule has 0 radical (unpaired) electrons. The molecule has 7 heteroatoms. The first-order valence-electron chi connectivity index (χ1n) is 10.1. The normalized spacial score (nSPS) is 20.0. The first kappa shape index (κ1) is 18.1. The van der Waals surface area contributed by atoms with Gasteiger partial charge in [0.2, 0.25) is 0 Å². The van der Waals surface area contributed by atoms with E-state index in [9.17, 15) is 0 Å². The molecule has 2 aliphatic heterocycles. The highest BCUT2D eigenvalue weighted by Gasteiger charge is 2.45. The Morgan fingerprint density at radius 1 is 1.07 bits per heavy atom. The molecule has 0 bridgehead atoms. The van der Waals surface area contributed by atoms with Gasteiger partial charge in [-0.05, 0) is 38.9 Å². The number of likely N-dealkylation sites (tertiary alicyclic amines) is 1. The largest absolute Gasteiger partial charge is 0.325 e. The summed E-state index contributed by atoms with van der Waals surface area (Å²) in [4.78, 5) is 13.0. The summed E-state index contributed by atoms with van der Waals surface area (Å²) < 4.78 is 4.31. The summed E-state index contributed by atoms with van der Waals surface area (Å²) in [6, 6.07) is 4.51. The smallest absolute Gasteiger partial charge is 0.129 e. The fraction of sp³-hybridized carbons (Fsp3) is 0.524. The molecule has 0 N–H and O–H groups in total. The minimum atomic E-state index is 0.0561. The van der Waals surface area contributed by atoms with Crippen LogP contribution in [0.1, 0.15) is 28.4 Å². The van der Waals surface area contributed by atoms with Crippen molar-refractivity contribution in [2.45, 2.75) is 38.4 Å². The molecule has 0 aliphatic carbocycles. The van der Waals surface area contributed by atoms with Crippen molar-refractivity contribution in [1.29, 1.82) is 0 Å². The lowest BCUT2D eigenvalue weighted by Gasteiger charge is -2.49. The van der Waals surface area contributed by atoms with E-state index in [1.165, 1.54) is 21.3 Å². The summed E-state index contributed by atoms with van der Waals surface area (Å²) in [7, 11) is 4.25. The number of aromatic nitrogens is 4. The van der Waals surface area contributed by atoms with Gasteiger partial charge in [-0.3, -0.25) is 14.5 Å². The zero-order valence-electron chi connectivity index (χ0n) is 16.9. The Morgan fingerprint density at radius 2 is 1.89 bits per heavy atom. The second-order valence-electron chi connectivity index (χ2n) is 8.26. The monoisotopic (exact) mass is 396 g/mol. The molecule has 1 fully saturated rings. The van der Waals surface area contributed by atoms with Crippen molar-refractivity contribution >= 4 is 11.3 Å². The van der Waals surface area contributed by atoms with Crippen molar-refractivity contribution in [2.75, 3.05) is 26.7 Å². The molecule has 148 valence electrons. The van der Waals surface area contributed by atoms with Crippen LogP contribution < -0.4 is 0 Å². The number of thiophene rings is 1. The number of imidazole rings is 1. The maximum atomic E-state index is 4.95. The van der Waals surface area contributed by atoms with Crippen LogP contribution >= 0.6 is 11.3 Å². The molecular weight excluding hydrogens is 368 g/mol. The zero-order valence-corrected chi connectivity index (χ0v) is 17.7. The van der Waals surface area contributed by atoms with Gasteiger partial charge in [-0.25, -0.2) is 4.98 Å². The first-order valence-corrected chi connectivity index (χ1v) is 10.9. The molecule has 0 aromatic carbocycles. The average molecular weight is 397 g/mol. The number of fused-ring (bicyclic) bond motifs is 2. The third-order valence-electron chi connectivity index (χ3n) is 6.52. The van der Waals surface area contributed by atoms with Gasteiger partial charge >= 0.3 is 0 Å². The van der Waals surface area contributed by atoms with E-state index in [1.807, 2.05) is 35.5 Å². The standard InChI is InChI=1S/C21H28N6S/c1-16-4-5-18(28-16)15-26-8-6-21(7-9-26)20-22-13-19(17-12-23-25(3)14-17)27(20)11-10-24(21)2/h4-5,12-14H,6-11,15H2,1-3H3. The fourth-order valence-electron chi connectivity index (χ4n) is 4.87. The average Bonchev–Trinajstić information content (AvgIpc) is 3.40. The lowest BCUT2D eigenvalue weighted by atomic mass is 9.83. The molecule has 0 saturated carbocycles. The second kappa shape index (κ2) is 6.83. The number of hydrogen-bond acceptors (Lipinski definition) is 5. The molecule has 2 aliphatic rings. The number of piperidine rings is 1. The Hall–Kier alpha value is -1.96. The summed E-state index contributed by atoms with van der Waals surface area (Å²) in [6.07, 6.45) is 8.35. The number of rotatable bonds is 3. The molecule has 3 aromatic rings. The van der Waals surface area contributed by atoms with Crippen molar-refractivity contribution in [3.8, 4) is 11.3 Å². The summed E-state index contributed by atoms with van der Waals surface area (Å²) in [5.74, 6) is 1.24. The molecule has 0 amide bonds. The van der Waals surface area contributed by atoms with Crippen LogP contribution in [0.15, 0.2) is 30.7 Å². The highest BCUT2D eigenvalue weighted by molar-refractivity contribution is 7.11. The van der Waals surface area contributed by atoms with Gasteiger partial charge < -0.3 is 4.57 Å². The first-order chi connectivity index (χ1) is 13.5. The summed E-state index contributed by atoms with van der Waals surface area (Å²) in [5.41, 5.74) is 2.42. The van der Waals surface area contributed by atoms with Crippen molar-refractivity contribution < 1.29 is 0 Å². The molecule has 3 aromatic heterocycles. The number of aryl methyl sites for hydroxylation is 2. The van der Waals surface area contributed by atoms with Crippen LogP contribution in [0.5, 0.6) is 0 Å². The van der Waals surface area contributed by atoms with Crippen molar-refractivity contribution in [3.05, 3.63) is 46.3 Å². The predicted molar refractivity (Wildman–Crippen MR) is 112 cm³/mol. The summed E-state index contributed by atoms with van der Waals surface area (Å²) in [6.45, 7) is 7.58. The Labute approximate surface area is 170 Å². The van der Waals surface area contributed by atoms with Crippen molar-refractivity contribution in [3.63, 3.8) is 0 Å². The van der Waals surface area contributed by atoms with Crippen LogP contribution in [0, 0.1) is 6.92 Å². The molecule has 5 rings (SSSR count). The third-order valence-corrected chi connectivity index (χ3v) is 7.51. The molecule has 1 saturated heterocycles. The van der Waals surface area contributed by atoms with E-state index >= 15 is 0 Å². The van der Waals surface area contributed by atoms with Gasteiger partial charge in [0, 0.05) is 61.3 Å². The van der Waals surface area contributed by atoms with E-state index in [1.54, 1.807) is 0 Å². The van der Waals surface area contributed by atoms with Crippen LogP contribution in [-0.2, 0) is 25.7 Å². The van der Waals surface area contributed by atoms with Gasteiger partial charge in [-0.15, -0.1) is 11.3 Å². The van der Waals surface area contributed by atoms with Crippen LogP contribution in [0.4, 0.5) is 0 Å². The molecule has 5 heterocycles. The van der Waals surface area contributed by atoms with E-state index < -0.39 is 0 Å². The van der Waals surface area contributed by atoms with Crippen molar-refractivity contribution in [2.24, 2.45) is 7.05 Å². The third kappa shape index (κ3) is 2.93. The molecular formula is C21H28N6S. The van der Waals surface area contributed by atoms with E-state index in [0.29, 0.717) is 0 Å². The van der Waals surface area contributed by atoms with Crippen LogP contribution in [0.3, 0.4) is 0 Å². The van der Waals surface area contributed by atoms with Gasteiger partial charge in [0.05, 0.1) is 23.6 Å². The van der Waals surface area contributed by atoms with Crippen LogP contribution in [-0.4, -0.2) is 55.8 Å². The van der Waals surface area contributed by atoms with Crippen LogP contribution in [0.2, 0.25) is 0 Å². The Kier molecular flexibility index (Phi) is 4.41. The lowest BCUT2D eigenvalue weighted by molar-refractivity contribution is 0.00725. The van der Waals surface area contributed by atoms with Gasteiger partial charge in [-0.1, -0.05) is 0 Å². The molecule has 28 heavy (non-hydrogen) atoms. The Bertz CT molecular complexity index is 975. The number of nitrogens with zero attached hydrogens (tertiary/aromatic N) is 6. The molecule has 1 spiro atoms. The summed E-state index contributed by atoms with van der Waals surface area (Å²) in [5, 5.41) is 4.35. The Balaban J connectivity index is 1.39. The Morgan fingerprint density at radius 3 is 2.57 bits per heavy atom. The second-order valence-corrected chi connectivity index (χ2v) is 9.64. The van der Waals surface area contributed by atoms with Gasteiger partial charge in [0.25, 0.3) is 0 Å². The van der Waals surface area contributed by atoms with Gasteiger partial charge in [0.1, 0.15) is 5.82 Å². The van der Waals surface area contributed by atoms with Crippen molar-refractivity contribution in [1.82, 2.24) is 29.1 Å². The topological polar surface area (TPSA) is 42.1 Å². The van der Waals surface area contributed by atoms with E-state index in [0.717, 1.165) is 51.1 Å². The van der Waals surface area contributed by atoms with E-state index in [-0.39, 0.29) is 5.54 Å². The molecule has 6 nitrogen and oxygen atoms in total. The van der Waals surface area contributed by atoms with E-state index in [2.05, 4.69) is 51.8 Å². The van der Waals surface area contributed by atoms with E-state index in [4.69, 9.17) is 4.98 Å². The minimum Gasteiger partial charge on any atom is -0.325 e. The van der Waals surface area contributed by atoms with Gasteiger partial charge in [0.15, 0.2) is 0 Å². The quantitative estimate of drug-likeness (QED) is 0.682. The summed E-state index contributed by atoms with van der Waals surface area (Å²) >= 11 is 1.92. The maximum absolute atomic E-state index is 4.95. The van der Waals surface area contributed by atoms with Gasteiger partial charge in [-0.2, -0.15) is 5.10 Å². The molecule has 0 atom stereocenters. The molecule has 0 unspecified atom stereocenters. The SMILES string of the molecule is Cc1ccc(CN2CCC3(CC2)c2ncc(-c4cnn(C)c4)n2CCN3C)s1. The minimum absolute atomic E-state index is 0.0561. The maximum Gasteiger partial charge on any atom is 0.129 e. The highest BCUT2D eigenvalue weighted by Crippen LogP contribution is 2.41. The lowest BCUT2D eigenvalue weighted by Crippen LogP contribution is -2.56. The van der Waals surface area contributed by atoms with Crippen LogP contribution in [0.25, 0.3) is 11.3 Å². The fourth-order valence-corrected chi connectivity index (χ4v) is 5.80. The predicted octanol–water partition coefficient (Wildman–Crippen LogP) is 3.09. The zero-order chi connectivity index (χ0) is 19.3. The number of hydrogen-bond donors (Lipinski definition) is 0. The number of likely N-dealkylation sites (N-methyl/N-ethyl adjacent to an activating group) is 1. The highest BCUT2D eigenvalue weighted by atomic mass is 32.1.